The first-order chi connectivity index (χ1) is 15.5. The van der Waals surface area contributed by atoms with Crippen molar-refractivity contribution in [3.8, 4) is 12.1 Å². The molecule has 2 nitrogen and oxygen atoms in total. The average Bonchev–Trinajstić information content (AvgIpc) is 2.81. The Kier molecular flexibility index (Phi) is 18.7. The molecule has 4 heteroatoms. The molecule has 0 N–H and O–H groups in total. The van der Waals surface area contributed by atoms with Gasteiger partial charge in [-0.3, -0.25) is 0 Å². The summed E-state index contributed by atoms with van der Waals surface area (Å²) in [5.74, 6) is 0.223. The minimum absolute atomic E-state index is 0.223. The normalized spacial score (nSPS) is 14.2. The van der Waals surface area contributed by atoms with Gasteiger partial charge >= 0.3 is 0 Å². The Hall–Kier alpha value is -1.11. The molecule has 0 radical (unpaired) electrons. The van der Waals surface area contributed by atoms with Gasteiger partial charge in [0.15, 0.2) is 0 Å². The van der Waals surface area contributed by atoms with Crippen LogP contribution >= 0.6 is 0 Å². The van der Waals surface area contributed by atoms with E-state index in [1.54, 1.807) is 0 Å². The Labute approximate surface area is 203 Å². The molecule has 0 bridgehead atoms. The molecule has 0 saturated carbocycles. The highest BCUT2D eigenvalue weighted by Crippen LogP contribution is 2.32. The van der Waals surface area contributed by atoms with Gasteiger partial charge in [-0.2, -0.15) is 10.5 Å². The highest BCUT2D eigenvalue weighted by Gasteiger charge is 2.28. The SMILES string of the molecule is C=C[Si](CCC)(CCC)CCCC(C#N)CCCC[Si](C=C)(CCCC)CCCCC#N. The molecule has 0 spiro atoms. The van der Waals surface area contributed by atoms with E-state index in [1.165, 1.54) is 87.6 Å². The number of hydrogen-bond donors (Lipinski definition) is 0. The van der Waals surface area contributed by atoms with Crippen molar-refractivity contribution in [3.05, 3.63) is 24.6 Å². The van der Waals surface area contributed by atoms with Gasteiger partial charge in [0.2, 0.25) is 0 Å². The van der Waals surface area contributed by atoms with Crippen molar-refractivity contribution in [3.63, 3.8) is 0 Å². The first kappa shape index (κ1) is 30.9. The Balaban J connectivity index is 4.58. The summed E-state index contributed by atoms with van der Waals surface area (Å²) in [4.78, 5) is 0. The molecule has 0 aromatic carbocycles. The van der Waals surface area contributed by atoms with E-state index in [4.69, 9.17) is 5.26 Å². The average molecular weight is 473 g/mol. The molecule has 0 aliphatic rings. The van der Waals surface area contributed by atoms with Gasteiger partial charge in [0.25, 0.3) is 0 Å². The zero-order valence-electron chi connectivity index (χ0n) is 21.8. The Bertz CT molecular complexity index is 569. The third kappa shape index (κ3) is 12.8. The van der Waals surface area contributed by atoms with Gasteiger partial charge in [0.05, 0.1) is 28.3 Å². The summed E-state index contributed by atoms with van der Waals surface area (Å²) in [7, 11) is -2.75. The zero-order valence-corrected chi connectivity index (χ0v) is 23.8. The van der Waals surface area contributed by atoms with Crippen LogP contribution in [0.2, 0.25) is 36.3 Å². The van der Waals surface area contributed by atoms with Crippen LogP contribution in [0.1, 0.15) is 97.8 Å². The van der Waals surface area contributed by atoms with Gasteiger partial charge in [-0.05, 0) is 19.3 Å². The fourth-order valence-corrected chi connectivity index (χ4v) is 14.0. The van der Waals surface area contributed by atoms with Gasteiger partial charge in [-0.15, -0.1) is 24.6 Å². The highest BCUT2D eigenvalue weighted by atomic mass is 28.3. The summed E-state index contributed by atoms with van der Waals surface area (Å²) >= 11 is 0. The standard InChI is InChI=1S/C28H52N2Si2/c1-6-11-23-32(10-5,24-15-12-14-20-29)25-16-13-18-28(27-30)19-17-26-31(9-4,21-7-2)22-8-3/h9-10,28H,4-8,11-19,21-26H2,1-3H3. The minimum atomic E-state index is -1.43. The van der Waals surface area contributed by atoms with E-state index >= 15 is 0 Å². The molecule has 2 atom stereocenters. The lowest BCUT2D eigenvalue weighted by molar-refractivity contribution is 0.519. The summed E-state index contributed by atoms with van der Waals surface area (Å²) < 4.78 is 0. The smallest absolute Gasteiger partial charge is 0.0770 e. The van der Waals surface area contributed by atoms with Crippen molar-refractivity contribution in [2.24, 2.45) is 5.92 Å². The third-order valence-corrected chi connectivity index (χ3v) is 17.6. The molecule has 0 aliphatic carbocycles. The predicted octanol–water partition coefficient (Wildman–Crippen LogP) is 9.74. The van der Waals surface area contributed by atoms with Crippen LogP contribution in [-0.2, 0) is 0 Å². The van der Waals surface area contributed by atoms with Gasteiger partial charge < -0.3 is 0 Å². The molecule has 0 aromatic rings. The summed E-state index contributed by atoms with van der Waals surface area (Å²) in [6, 6.07) is 12.9. The second kappa shape index (κ2) is 19.4. The van der Waals surface area contributed by atoms with Crippen LogP contribution < -0.4 is 0 Å². The maximum absolute atomic E-state index is 9.71. The molecule has 0 aromatic heterocycles. The second-order valence-corrected chi connectivity index (χ2v) is 19.3. The molecule has 0 saturated heterocycles. The Morgan fingerprint density at radius 1 is 0.656 bits per heavy atom. The summed E-state index contributed by atoms with van der Waals surface area (Å²) in [5.41, 5.74) is 4.69. The summed E-state index contributed by atoms with van der Waals surface area (Å²) in [5, 5.41) is 18.5. The molecule has 0 aliphatic heterocycles. The maximum atomic E-state index is 9.71. The van der Waals surface area contributed by atoms with Crippen molar-refractivity contribution in [2.45, 2.75) is 134 Å². The van der Waals surface area contributed by atoms with Crippen LogP contribution in [0.4, 0.5) is 0 Å². The Morgan fingerprint density at radius 2 is 1.16 bits per heavy atom. The maximum Gasteiger partial charge on any atom is 0.0770 e. The van der Waals surface area contributed by atoms with Gasteiger partial charge in [0, 0.05) is 12.3 Å². The van der Waals surface area contributed by atoms with Crippen molar-refractivity contribution >= 4 is 16.1 Å². The number of unbranched alkanes of at least 4 members (excludes halogenated alkanes) is 4. The van der Waals surface area contributed by atoms with Gasteiger partial charge in [-0.1, -0.05) is 108 Å². The van der Waals surface area contributed by atoms with E-state index in [2.05, 4.69) is 57.5 Å². The van der Waals surface area contributed by atoms with E-state index in [0.717, 1.165) is 19.3 Å². The third-order valence-electron chi connectivity index (χ3n) is 7.49. The zero-order chi connectivity index (χ0) is 24.1. The van der Waals surface area contributed by atoms with Crippen molar-refractivity contribution in [1.82, 2.24) is 0 Å². The van der Waals surface area contributed by atoms with Crippen LogP contribution in [0.3, 0.4) is 0 Å². The second-order valence-electron chi connectivity index (χ2n) is 10.1. The quantitative estimate of drug-likeness (QED) is 0.116. The monoisotopic (exact) mass is 472 g/mol. The van der Waals surface area contributed by atoms with Crippen molar-refractivity contribution in [1.29, 1.82) is 10.5 Å². The summed E-state index contributed by atoms with van der Waals surface area (Å²) in [6.07, 6.45) is 13.8. The highest BCUT2D eigenvalue weighted by molar-refractivity contribution is 6.84. The van der Waals surface area contributed by atoms with E-state index in [1.807, 2.05) is 0 Å². The van der Waals surface area contributed by atoms with Crippen molar-refractivity contribution < 1.29 is 0 Å². The molecule has 0 amide bonds. The molecular formula is C28H52N2Si2. The first-order valence-corrected chi connectivity index (χ1v) is 18.9. The minimum Gasteiger partial charge on any atom is -0.198 e. The lowest BCUT2D eigenvalue weighted by Gasteiger charge is -2.29. The van der Waals surface area contributed by atoms with E-state index < -0.39 is 16.1 Å². The van der Waals surface area contributed by atoms with E-state index in [-0.39, 0.29) is 5.92 Å². The fourth-order valence-electron chi connectivity index (χ4n) is 5.41. The largest absolute Gasteiger partial charge is 0.198 e. The molecule has 32 heavy (non-hydrogen) atoms. The van der Waals surface area contributed by atoms with E-state index in [0.29, 0.717) is 6.42 Å². The topological polar surface area (TPSA) is 47.6 Å². The van der Waals surface area contributed by atoms with Gasteiger partial charge in [0.1, 0.15) is 0 Å². The van der Waals surface area contributed by atoms with Crippen LogP contribution in [0.15, 0.2) is 24.6 Å². The summed E-state index contributed by atoms with van der Waals surface area (Å²) in [6.45, 7) is 15.3. The molecule has 0 heterocycles. The van der Waals surface area contributed by atoms with Crippen LogP contribution in [0.25, 0.3) is 0 Å². The van der Waals surface area contributed by atoms with Crippen molar-refractivity contribution in [2.75, 3.05) is 0 Å². The van der Waals surface area contributed by atoms with Crippen LogP contribution in [0, 0.1) is 28.6 Å². The number of hydrogen-bond acceptors (Lipinski definition) is 2. The lowest BCUT2D eigenvalue weighted by atomic mass is 9.99. The number of nitriles is 2. The van der Waals surface area contributed by atoms with Crippen LogP contribution in [-0.4, -0.2) is 16.1 Å². The lowest BCUT2D eigenvalue weighted by Crippen LogP contribution is -2.31. The molecule has 182 valence electrons. The number of rotatable bonds is 22. The van der Waals surface area contributed by atoms with Crippen LogP contribution in [0.5, 0.6) is 0 Å². The van der Waals surface area contributed by atoms with E-state index in [9.17, 15) is 5.26 Å². The molecule has 0 fully saturated rings. The Morgan fingerprint density at radius 3 is 1.66 bits per heavy atom. The molecule has 0 rings (SSSR count). The molecule has 2 unspecified atom stereocenters. The molecular weight excluding hydrogens is 420 g/mol. The first-order valence-electron chi connectivity index (χ1n) is 13.5. The number of nitrogens with zero attached hydrogens (tertiary/aromatic N) is 2. The predicted molar refractivity (Wildman–Crippen MR) is 148 cm³/mol. The van der Waals surface area contributed by atoms with Gasteiger partial charge in [-0.25, -0.2) is 0 Å². The fraction of sp³-hybridized carbons (Fsp3) is 0.786.